The van der Waals surface area contributed by atoms with Gasteiger partial charge in [-0.25, -0.2) is 18.4 Å². The number of hydrogen-bond donors (Lipinski definition) is 1. The van der Waals surface area contributed by atoms with E-state index in [-0.39, 0.29) is 29.8 Å². The fraction of sp³-hybridized carbons (Fsp3) is 0.227. The summed E-state index contributed by atoms with van der Waals surface area (Å²) in [5.74, 6) is -0.403. The molecule has 1 aliphatic rings. The Kier molecular flexibility index (Phi) is 6.19. The van der Waals surface area contributed by atoms with E-state index < -0.39 is 10.0 Å². The van der Waals surface area contributed by atoms with Crippen LogP contribution in [0.25, 0.3) is 20.9 Å². The number of hydrogen-bond acceptors (Lipinski definition) is 7. The molecule has 0 radical (unpaired) electrons. The number of nitrogens with zero attached hydrogens (tertiary/aromatic N) is 3. The first kappa shape index (κ1) is 22.4. The van der Waals surface area contributed by atoms with Gasteiger partial charge in [-0.15, -0.1) is 22.7 Å². The second-order valence-corrected chi connectivity index (χ2v) is 11.9. The van der Waals surface area contributed by atoms with Crippen LogP contribution < -0.4 is 5.32 Å². The number of para-hydroxylation sites is 1. The van der Waals surface area contributed by atoms with Crippen LogP contribution >= 0.6 is 34.3 Å². The third-order valence-electron chi connectivity index (χ3n) is 5.52. The summed E-state index contributed by atoms with van der Waals surface area (Å²) in [6.07, 6.45) is 0.906. The molecule has 0 aliphatic carbocycles. The maximum Gasteiger partial charge on any atom is 0.243 e. The van der Waals surface area contributed by atoms with Gasteiger partial charge in [0, 0.05) is 29.4 Å². The Labute approximate surface area is 204 Å². The lowest BCUT2D eigenvalue weighted by Crippen LogP contribution is -2.41. The minimum absolute atomic E-state index is 0.135. The molecule has 170 valence electrons. The van der Waals surface area contributed by atoms with Gasteiger partial charge >= 0.3 is 0 Å². The summed E-state index contributed by atoms with van der Waals surface area (Å²) in [7, 11) is -3.60. The third kappa shape index (κ3) is 4.67. The van der Waals surface area contributed by atoms with Crippen molar-refractivity contribution in [1.29, 1.82) is 0 Å². The molecule has 2 aromatic heterocycles. The van der Waals surface area contributed by atoms with Crippen LogP contribution in [-0.4, -0.2) is 41.7 Å². The highest BCUT2D eigenvalue weighted by atomic mass is 35.5. The summed E-state index contributed by atoms with van der Waals surface area (Å²) < 4.78 is 28.2. The van der Waals surface area contributed by atoms with E-state index in [0.717, 1.165) is 20.9 Å². The minimum Gasteiger partial charge on any atom is -0.302 e. The lowest BCUT2D eigenvalue weighted by molar-refractivity contribution is -0.120. The molecule has 7 nitrogen and oxygen atoms in total. The van der Waals surface area contributed by atoms with Crippen molar-refractivity contribution in [2.45, 2.75) is 17.7 Å². The Morgan fingerprint density at radius 2 is 1.79 bits per heavy atom. The molecule has 2 aromatic carbocycles. The molecule has 33 heavy (non-hydrogen) atoms. The van der Waals surface area contributed by atoms with Gasteiger partial charge in [0.1, 0.15) is 10.7 Å². The van der Waals surface area contributed by atoms with Gasteiger partial charge in [0.05, 0.1) is 15.1 Å². The summed E-state index contributed by atoms with van der Waals surface area (Å²) in [6.45, 7) is 0.579. The molecule has 0 saturated carbocycles. The number of amides is 1. The second-order valence-electron chi connectivity index (χ2n) is 7.65. The number of sulfonamides is 1. The number of carbonyl (C=O) groups excluding carboxylic acids is 1. The number of halogens is 1. The zero-order valence-electron chi connectivity index (χ0n) is 17.3. The maximum atomic E-state index is 12.8. The average Bonchev–Trinajstić information content (AvgIpc) is 3.46. The molecule has 1 saturated heterocycles. The Balaban J connectivity index is 1.21. The molecule has 11 heteroatoms. The monoisotopic (exact) mass is 518 g/mol. The summed E-state index contributed by atoms with van der Waals surface area (Å²) >= 11 is 8.78. The van der Waals surface area contributed by atoms with Gasteiger partial charge in [-0.2, -0.15) is 4.31 Å². The zero-order chi connectivity index (χ0) is 23.0. The topological polar surface area (TPSA) is 92.3 Å². The van der Waals surface area contributed by atoms with Crippen molar-refractivity contribution in [2.24, 2.45) is 5.92 Å². The number of nitrogens with one attached hydrogen (secondary N) is 1. The Bertz CT molecular complexity index is 1380. The van der Waals surface area contributed by atoms with Crippen LogP contribution in [0.3, 0.4) is 0 Å². The maximum absolute atomic E-state index is 12.8. The van der Waals surface area contributed by atoms with E-state index in [1.54, 1.807) is 23.5 Å². The SMILES string of the molecule is O=C(Nc1nc(-c2nc3ccccc3s2)cs1)C1CCN(S(=O)(=O)c2ccc(Cl)cc2)CC1. The van der Waals surface area contributed by atoms with E-state index in [1.165, 1.54) is 27.8 Å². The van der Waals surface area contributed by atoms with Crippen molar-refractivity contribution >= 4 is 65.6 Å². The molecule has 4 aromatic rings. The van der Waals surface area contributed by atoms with Crippen LogP contribution in [0.1, 0.15) is 12.8 Å². The van der Waals surface area contributed by atoms with Gasteiger partial charge in [-0.1, -0.05) is 23.7 Å². The Morgan fingerprint density at radius 3 is 2.52 bits per heavy atom. The number of rotatable bonds is 5. The molecular weight excluding hydrogens is 500 g/mol. The Hall–Kier alpha value is -2.37. The normalized spacial score (nSPS) is 15.7. The first-order valence-electron chi connectivity index (χ1n) is 10.3. The molecule has 5 rings (SSSR count). The molecule has 1 aliphatic heterocycles. The second kappa shape index (κ2) is 9.11. The number of fused-ring (bicyclic) bond motifs is 1. The number of anilines is 1. The minimum atomic E-state index is -3.60. The molecular formula is C22H19ClN4O3S3. The molecule has 1 N–H and O–H groups in total. The van der Waals surface area contributed by atoms with Gasteiger partial charge < -0.3 is 5.32 Å². The van der Waals surface area contributed by atoms with Crippen molar-refractivity contribution in [1.82, 2.24) is 14.3 Å². The largest absolute Gasteiger partial charge is 0.302 e. The predicted molar refractivity (Wildman–Crippen MR) is 132 cm³/mol. The highest BCUT2D eigenvalue weighted by Gasteiger charge is 2.32. The van der Waals surface area contributed by atoms with Crippen molar-refractivity contribution < 1.29 is 13.2 Å². The molecule has 0 unspecified atom stereocenters. The standard InChI is InChI=1S/C22H19ClN4O3S3/c23-15-5-7-16(8-6-15)33(29,30)27-11-9-14(10-12-27)20(28)26-22-25-18(13-31-22)21-24-17-3-1-2-4-19(17)32-21/h1-8,13-14H,9-12H2,(H,25,26,28). The fourth-order valence-corrected chi connectivity index (χ4v) is 7.03. The number of carbonyl (C=O) groups is 1. The summed E-state index contributed by atoms with van der Waals surface area (Å²) in [5.41, 5.74) is 1.66. The lowest BCUT2D eigenvalue weighted by atomic mass is 9.97. The van der Waals surface area contributed by atoms with Crippen LogP contribution in [0, 0.1) is 5.92 Å². The number of benzene rings is 2. The predicted octanol–water partition coefficient (Wildman–Crippen LogP) is 5.11. The first-order chi connectivity index (χ1) is 15.9. The average molecular weight is 519 g/mol. The van der Waals surface area contributed by atoms with Crippen molar-refractivity contribution in [3.63, 3.8) is 0 Å². The quantitative estimate of drug-likeness (QED) is 0.396. The molecule has 0 spiro atoms. The third-order valence-corrected chi connectivity index (χ3v) is 9.50. The van der Waals surface area contributed by atoms with Gasteiger partial charge in [0.15, 0.2) is 5.13 Å². The van der Waals surface area contributed by atoms with Gasteiger partial charge in [0.25, 0.3) is 0 Å². The number of aromatic nitrogens is 2. The van der Waals surface area contributed by atoms with E-state index in [0.29, 0.717) is 23.0 Å². The first-order valence-corrected chi connectivity index (χ1v) is 13.8. The Morgan fingerprint density at radius 1 is 1.06 bits per heavy atom. The highest BCUT2D eigenvalue weighted by molar-refractivity contribution is 7.89. The molecule has 0 atom stereocenters. The number of thiazole rings is 2. The van der Waals surface area contributed by atoms with Gasteiger partial charge in [-0.3, -0.25) is 4.79 Å². The van der Waals surface area contributed by atoms with E-state index >= 15 is 0 Å². The van der Waals surface area contributed by atoms with Crippen LogP contribution in [0.4, 0.5) is 5.13 Å². The van der Waals surface area contributed by atoms with Crippen LogP contribution in [0.5, 0.6) is 0 Å². The van der Waals surface area contributed by atoms with E-state index in [9.17, 15) is 13.2 Å². The van der Waals surface area contributed by atoms with E-state index in [1.807, 2.05) is 29.6 Å². The van der Waals surface area contributed by atoms with Crippen molar-refractivity contribution in [3.8, 4) is 10.7 Å². The number of piperidine rings is 1. The van der Waals surface area contributed by atoms with Crippen LogP contribution in [-0.2, 0) is 14.8 Å². The summed E-state index contributed by atoms with van der Waals surface area (Å²) in [4.78, 5) is 22.1. The smallest absolute Gasteiger partial charge is 0.243 e. The summed E-state index contributed by atoms with van der Waals surface area (Å²) in [6, 6.07) is 14.0. The van der Waals surface area contributed by atoms with Crippen LogP contribution in [0.15, 0.2) is 58.8 Å². The molecule has 0 bridgehead atoms. The summed E-state index contributed by atoms with van der Waals surface area (Å²) in [5, 5.41) is 6.59. The zero-order valence-corrected chi connectivity index (χ0v) is 20.5. The molecule has 3 heterocycles. The lowest BCUT2D eigenvalue weighted by Gasteiger charge is -2.30. The molecule has 1 amide bonds. The van der Waals surface area contributed by atoms with Crippen molar-refractivity contribution in [2.75, 3.05) is 18.4 Å². The van der Waals surface area contributed by atoms with Gasteiger partial charge in [-0.05, 0) is 49.2 Å². The highest BCUT2D eigenvalue weighted by Crippen LogP contribution is 2.32. The van der Waals surface area contributed by atoms with Gasteiger partial charge in [0.2, 0.25) is 15.9 Å². The van der Waals surface area contributed by atoms with Crippen LogP contribution in [0.2, 0.25) is 5.02 Å². The molecule has 1 fully saturated rings. The van der Waals surface area contributed by atoms with E-state index in [2.05, 4.69) is 15.3 Å². The van der Waals surface area contributed by atoms with E-state index in [4.69, 9.17) is 11.6 Å². The van der Waals surface area contributed by atoms with Crippen molar-refractivity contribution in [3.05, 3.63) is 58.9 Å². The fourth-order valence-electron chi connectivity index (χ4n) is 3.73.